The lowest BCUT2D eigenvalue weighted by atomic mass is 10.3. The van der Waals surface area contributed by atoms with Crippen molar-refractivity contribution in [1.29, 1.82) is 0 Å². The highest BCUT2D eigenvalue weighted by atomic mass is 32.2. The molecule has 2 rings (SSSR count). The Morgan fingerprint density at radius 1 is 1.45 bits per heavy atom. The third-order valence-electron chi connectivity index (χ3n) is 3.16. The van der Waals surface area contributed by atoms with Crippen molar-refractivity contribution in [1.82, 2.24) is 0 Å². The van der Waals surface area contributed by atoms with Crippen LogP contribution in [0.3, 0.4) is 0 Å². The zero-order valence-electron chi connectivity index (χ0n) is 11.0. The average Bonchev–Trinajstić information content (AvgIpc) is 2.71. The molecule has 0 radical (unpaired) electrons. The normalized spacial score (nSPS) is 20.4. The van der Waals surface area contributed by atoms with Crippen molar-refractivity contribution in [2.24, 2.45) is 0 Å². The lowest BCUT2D eigenvalue weighted by Crippen LogP contribution is -2.26. The van der Waals surface area contributed by atoms with Gasteiger partial charge in [-0.15, -0.1) is 11.3 Å². The number of hydrogen-bond donors (Lipinski definition) is 1. The van der Waals surface area contributed by atoms with E-state index < -0.39 is 20.9 Å². The van der Waals surface area contributed by atoms with Crippen LogP contribution in [-0.2, 0) is 9.84 Å². The molecule has 20 heavy (non-hydrogen) atoms. The van der Waals surface area contributed by atoms with Crippen molar-refractivity contribution in [2.75, 3.05) is 29.5 Å². The minimum atomic E-state index is -3.06. The van der Waals surface area contributed by atoms with Crippen LogP contribution in [0.15, 0.2) is 6.07 Å². The van der Waals surface area contributed by atoms with Crippen LogP contribution in [0, 0.1) is 10.1 Å². The summed E-state index contributed by atoms with van der Waals surface area (Å²) >= 11 is 1.15. The zero-order valence-corrected chi connectivity index (χ0v) is 12.6. The molecule has 0 bridgehead atoms. The number of rotatable bonds is 3. The number of aliphatic hydroxyl groups excluding tert-OH is 1. The van der Waals surface area contributed by atoms with Gasteiger partial charge < -0.3 is 10.0 Å². The first kappa shape index (κ1) is 15.2. The number of anilines is 1. The predicted octanol–water partition coefficient (Wildman–Crippen LogP) is 1.33. The van der Waals surface area contributed by atoms with Crippen LogP contribution < -0.4 is 4.90 Å². The first-order valence-corrected chi connectivity index (χ1v) is 8.85. The Balaban J connectivity index is 2.33. The van der Waals surface area contributed by atoms with Crippen LogP contribution in [0.4, 0.5) is 10.7 Å². The van der Waals surface area contributed by atoms with Crippen molar-refractivity contribution in [2.45, 2.75) is 19.4 Å². The highest BCUT2D eigenvalue weighted by molar-refractivity contribution is 7.91. The van der Waals surface area contributed by atoms with E-state index in [4.69, 9.17) is 0 Å². The van der Waals surface area contributed by atoms with E-state index in [9.17, 15) is 23.6 Å². The van der Waals surface area contributed by atoms with Crippen molar-refractivity contribution in [3.63, 3.8) is 0 Å². The molecule has 1 fully saturated rings. The number of hydrogen-bond acceptors (Lipinski definition) is 7. The van der Waals surface area contributed by atoms with Gasteiger partial charge in [0.1, 0.15) is 0 Å². The highest BCUT2D eigenvalue weighted by Crippen LogP contribution is 2.40. The maximum absolute atomic E-state index is 11.6. The second-order valence-corrected chi connectivity index (χ2v) is 8.13. The lowest BCUT2D eigenvalue weighted by Gasteiger charge is -2.19. The third kappa shape index (κ3) is 3.28. The fourth-order valence-corrected chi connectivity index (χ4v) is 4.48. The number of thiophene rings is 1. The van der Waals surface area contributed by atoms with Gasteiger partial charge in [0.15, 0.2) is 14.8 Å². The van der Waals surface area contributed by atoms with Gasteiger partial charge in [-0.1, -0.05) is 0 Å². The minimum absolute atomic E-state index is 0.00602. The van der Waals surface area contributed by atoms with Crippen LogP contribution >= 0.6 is 11.3 Å². The molecular weight excluding hydrogens is 304 g/mol. The van der Waals surface area contributed by atoms with E-state index in [2.05, 4.69) is 0 Å². The molecule has 1 saturated heterocycles. The lowest BCUT2D eigenvalue weighted by molar-refractivity contribution is -0.383. The SMILES string of the molecule is CC(O)c1cc([N+](=O)[O-])c(N2CCCS(=O)(=O)CC2)s1. The second-order valence-electron chi connectivity index (χ2n) is 4.76. The minimum Gasteiger partial charge on any atom is -0.388 e. The van der Waals surface area contributed by atoms with Gasteiger partial charge in [-0.2, -0.15) is 0 Å². The van der Waals surface area contributed by atoms with E-state index in [0.717, 1.165) is 11.3 Å². The molecule has 0 amide bonds. The summed E-state index contributed by atoms with van der Waals surface area (Å²) in [5, 5.41) is 21.1. The molecular formula is C11H16N2O5S2. The Morgan fingerprint density at radius 2 is 2.15 bits per heavy atom. The Labute approximate surface area is 120 Å². The largest absolute Gasteiger partial charge is 0.388 e. The number of nitro groups is 1. The Bertz CT molecular complexity index is 608. The second kappa shape index (κ2) is 5.66. The summed E-state index contributed by atoms with van der Waals surface area (Å²) in [6.07, 6.45) is -0.315. The first-order valence-electron chi connectivity index (χ1n) is 6.22. The molecule has 1 aromatic rings. The van der Waals surface area contributed by atoms with E-state index in [1.165, 1.54) is 6.07 Å². The molecule has 2 heterocycles. The average molecular weight is 320 g/mol. The fraction of sp³-hybridized carbons (Fsp3) is 0.636. The van der Waals surface area contributed by atoms with Crippen molar-refractivity contribution >= 4 is 31.9 Å². The number of aliphatic hydroxyl groups is 1. The summed E-state index contributed by atoms with van der Waals surface area (Å²) in [7, 11) is -3.06. The van der Waals surface area contributed by atoms with Crippen LogP contribution in [0.1, 0.15) is 24.3 Å². The Hall–Kier alpha value is -1.19. The molecule has 0 aliphatic carbocycles. The van der Waals surface area contributed by atoms with E-state index in [-0.39, 0.29) is 23.7 Å². The van der Waals surface area contributed by atoms with Gasteiger partial charge in [0, 0.05) is 24.0 Å². The molecule has 112 valence electrons. The van der Waals surface area contributed by atoms with Gasteiger partial charge in [-0.25, -0.2) is 8.42 Å². The third-order valence-corrected chi connectivity index (χ3v) is 6.23. The van der Waals surface area contributed by atoms with Crippen molar-refractivity contribution < 1.29 is 18.4 Å². The van der Waals surface area contributed by atoms with Gasteiger partial charge in [-0.05, 0) is 13.3 Å². The van der Waals surface area contributed by atoms with Crippen LogP contribution in [0.25, 0.3) is 0 Å². The standard InChI is InChI=1S/C11H16N2O5S2/c1-8(14)10-7-9(13(15)16)11(19-10)12-3-2-5-20(17,18)6-4-12/h7-8,14H,2-6H2,1H3. The van der Waals surface area contributed by atoms with Crippen molar-refractivity contribution in [3.8, 4) is 0 Å². The Kier molecular flexibility index (Phi) is 4.31. The molecule has 1 aliphatic heterocycles. The predicted molar refractivity (Wildman–Crippen MR) is 77.1 cm³/mol. The molecule has 0 aromatic carbocycles. The first-order chi connectivity index (χ1) is 9.30. The summed E-state index contributed by atoms with van der Waals surface area (Å²) in [6, 6.07) is 1.37. The summed E-state index contributed by atoms with van der Waals surface area (Å²) in [6.45, 7) is 2.27. The molecule has 1 N–H and O–H groups in total. The van der Waals surface area contributed by atoms with Crippen LogP contribution in [0.5, 0.6) is 0 Å². The molecule has 7 nitrogen and oxygen atoms in total. The highest BCUT2D eigenvalue weighted by Gasteiger charge is 2.28. The molecule has 1 atom stereocenters. The summed E-state index contributed by atoms with van der Waals surface area (Å²) in [5.74, 6) is 0.123. The van der Waals surface area contributed by atoms with Gasteiger partial charge in [-0.3, -0.25) is 10.1 Å². The van der Waals surface area contributed by atoms with E-state index in [1.54, 1.807) is 11.8 Å². The maximum atomic E-state index is 11.6. The Morgan fingerprint density at radius 3 is 2.75 bits per heavy atom. The summed E-state index contributed by atoms with van der Waals surface area (Å²) < 4.78 is 23.2. The van der Waals surface area contributed by atoms with E-state index in [0.29, 0.717) is 22.8 Å². The van der Waals surface area contributed by atoms with Crippen LogP contribution in [-0.4, -0.2) is 43.0 Å². The monoisotopic (exact) mass is 320 g/mol. The van der Waals surface area contributed by atoms with Gasteiger partial charge in [0.05, 0.1) is 22.5 Å². The summed E-state index contributed by atoms with van der Waals surface area (Å²) in [5.41, 5.74) is -0.0646. The number of nitrogens with zero attached hydrogens (tertiary/aromatic N) is 2. The van der Waals surface area contributed by atoms with Gasteiger partial charge in [0.25, 0.3) is 0 Å². The quantitative estimate of drug-likeness (QED) is 0.666. The molecule has 1 aliphatic rings. The van der Waals surface area contributed by atoms with Gasteiger partial charge in [0.2, 0.25) is 0 Å². The van der Waals surface area contributed by atoms with Crippen molar-refractivity contribution in [3.05, 3.63) is 21.1 Å². The summed E-state index contributed by atoms with van der Waals surface area (Å²) in [4.78, 5) is 12.9. The molecule has 0 saturated carbocycles. The van der Waals surface area contributed by atoms with E-state index >= 15 is 0 Å². The van der Waals surface area contributed by atoms with Crippen LogP contribution in [0.2, 0.25) is 0 Å². The fourth-order valence-electron chi connectivity index (χ4n) is 2.09. The smallest absolute Gasteiger partial charge is 0.304 e. The maximum Gasteiger partial charge on any atom is 0.304 e. The zero-order chi connectivity index (χ0) is 14.9. The van der Waals surface area contributed by atoms with Gasteiger partial charge >= 0.3 is 5.69 Å². The molecule has 1 aromatic heterocycles. The molecule has 9 heteroatoms. The molecule has 1 unspecified atom stereocenters. The van der Waals surface area contributed by atoms with E-state index in [1.807, 2.05) is 0 Å². The number of sulfone groups is 1. The molecule has 0 spiro atoms. The topological polar surface area (TPSA) is 101 Å².